The lowest BCUT2D eigenvalue weighted by Crippen LogP contribution is -1.91. The molecule has 3 rings (SSSR count). The highest BCUT2D eigenvalue weighted by Gasteiger charge is 2.10. The minimum absolute atomic E-state index is 0.862. The lowest BCUT2D eigenvalue weighted by Gasteiger charge is -2.00. The Morgan fingerprint density at radius 1 is 0.905 bits per heavy atom. The summed E-state index contributed by atoms with van der Waals surface area (Å²) in [5.74, 6) is 0.862. The van der Waals surface area contributed by atoms with Crippen LogP contribution in [0.25, 0.3) is 20.1 Å². The number of rotatable bonds is 6. The van der Waals surface area contributed by atoms with E-state index in [-0.39, 0.29) is 0 Å². The van der Waals surface area contributed by atoms with Crippen LogP contribution in [-0.2, 0) is 12.8 Å². The summed E-state index contributed by atoms with van der Waals surface area (Å²) < 4.78 is 2.74. The first-order valence-electron chi connectivity index (χ1n) is 7.63. The van der Waals surface area contributed by atoms with Gasteiger partial charge in [0, 0.05) is 26.7 Å². The summed E-state index contributed by atoms with van der Waals surface area (Å²) in [4.78, 5) is 11.7. The Hall–Kier alpha value is -1.26. The zero-order chi connectivity index (χ0) is 14.7. The van der Waals surface area contributed by atoms with E-state index < -0.39 is 0 Å². The Balaban J connectivity index is 1.81. The number of hydrogen-bond donors (Lipinski definition) is 0. The first-order valence-corrected chi connectivity index (χ1v) is 9.27. The molecule has 0 saturated heterocycles. The highest BCUT2D eigenvalue weighted by molar-refractivity contribution is 7.29. The number of aromatic nitrogens is 2. The molecule has 0 bridgehead atoms. The van der Waals surface area contributed by atoms with Crippen LogP contribution in [0.4, 0.5) is 0 Å². The maximum absolute atomic E-state index is 4.54. The lowest BCUT2D eigenvalue weighted by atomic mass is 10.1. The van der Waals surface area contributed by atoms with E-state index in [0.717, 1.165) is 12.2 Å². The van der Waals surface area contributed by atoms with Crippen LogP contribution in [0.2, 0.25) is 0 Å². The fourth-order valence-electron chi connectivity index (χ4n) is 2.36. The van der Waals surface area contributed by atoms with Gasteiger partial charge in [0.25, 0.3) is 0 Å². The number of nitrogens with zero attached hydrogens (tertiary/aromatic N) is 2. The Morgan fingerprint density at radius 2 is 1.67 bits per heavy atom. The van der Waals surface area contributed by atoms with Crippen molar-refractivity contribution in [3.05, 3.63) is 35.0 Å². The molecule has 110 valence electrons. The molecule has 0 aliphatic rings. The smallest absolute Gasteiger partial charge is 0.169 e. The van der Waals surface area contributed by atoms with Crippen molar-refractivity contribution in [3.63, 3.8) is 0 Å². The van der Waals surface area contributed by atoms with Gasteiger partial charge in [-0.05, 0) is 37.0 Å². The van der Waals surface area contributed by atoms with Crippen molar-refractivity contribution < 1.29 is 0 Å². The van der Waals surface area contributed by atoms with Gasteiger partial charge in [-0.1, -0.05) is 26.7 Å². The number of hydrogen-bond acceptors (Lipinski definition) is 4. The average Bonchev–Trinajstić information content (AvgIpc) is 3.04. The molecular weight excluding hydrogens is 296 g/mol. The predicted octanol–water partition coefficient (Wildman–Crippen LogP) is 5.71. The summed E-state index contributed by atoms with van der Waals surface area (Å²) >= 11 is 3.71. The maximum atomic E-state index is 4.54. The van der Waals surface area contributed by atoms with Gasteiger partial charge in [0.05, 0.1) is 4.88 Å². The summed E-state index contributed by atoms with van der Waals surface area (Å²) in [5.41, 5.74) is 1.24. The molecule has 0 saturated carbocycles. The van der Waals surface area contributed by atoms with Crippen molar-refractivity contribution >= 4 is 32.1 Å². The van der Waals surface area contributed by atoms with Crippen molar-refractivity contribution in [2.24, 2.45) is 0 Å². The molecule has 2 nitrogen and oxygen atoms in total. The Kier molecular flexibility index (Phi) is 4.66. The SMILES string of the molecule is CCCCc1cnc(-c2cc3sc(CCC)cc3s2)nc1. The van der Waals surface area contributed by atoms with E-state index in [0.29, 0.717) is 0 Å². The van der Waals surface area contributed by atoms with E-state index in [1.54, 1.807) is 11.3 Å². The average molecular weight is 316 g/mol. The second-order valence-electron chi connectivity index (χ2n) is 5.32. The van der Waals surface area contributed by atoms with Gasteiger partial charge in [-0.25, -0.2) is 9.97 Å². The molecular formula is C17H20N2S2. The molecule has 21 heavy (non-hydrogen) atoms. The van der Waals surface area contributed by atoms with Crippen molar-refractivity contribution in [3.8, 4) is 10.7 Å². The minimum Gasteiger partial charge on any atom is -0.236 e. The van der Waals surface area contributed by atoms with Crippen LogP contribution < -0.4 is 0 Å². The van der Waals surface area contributed by atoms with Crippen LogP contribution in [0.1, 0.15) is 43.6 Å². The summed E-state index contributed by atoms with van der Waals surface area (Å²) in [6, 6.07) is 4.57. The standard InChI is InChI=1S/C17H20N2S2/c1-3-5-7-12-10-18-17(19-11-12)16-9-15-14(21-16)8-13(20-15)6-4-2/h8-11H,3-7H2,1-2H3. The zero-order valence-corrected chi connectivity index (χ0v) is 14.2. The molecule has 0 atom stereocenters. The molecule has 0 aliphatic heterocycles. The highest BCUT2D eigenvalue weighted by atomic mass is 32.1. The topological polar surface area (TPSA) is 25.8 Å². The summed E-state index contributed by atoms with van der Waals surface area (Å²) in [5, 5.41) is 0. The highest BCUT2D eigenvalue weighted by Crippen LogP contribution is 2.37. The normalized spacial score (nSPS) is 11.3. The quantitative estimate of drug-likeness (QED) is 0.581. The van der Waals surface area contributed by atoms with Crippen LogP contribution in [-0.4, -0.2) is 9.97 Å². The number of thiophene rings is 2. The van der Waals surface area contributed by atoms with Gasteiger partial charge in [0.15, 0.2) is 5.82 Å². The van der Waals surface area contributed by atoms with Gasteiger partial charge >= 0.3 is 0 Å². The first-order chi connectivity index (χ1) is 10.3. The number of unbranched alkanes of at least 4 members (excludes halogenated alkanes) is 1. The van der Waals surface area contributed by atoms with Crippen molar-refractivity contribution in [1.82, 2.24) is 9.97 Å². The third-order valence-electron chi connectivity index (χ3n) is 3.50. The molecule has 0 aromatic carbocycles. The predicted molar refractivity (Wildman–Crippen MR) is 93.3 cm³/mol. The van der Waals surface area contributed by atoms with Crippen LogP contribution >= 0.6 is 22.7 Å². The third kappa shape index (κ3) is 3.33. The summed E-state index contributed by atoms with van der Waals surface area (Å²) in [6.45, 7) is 4.44. The van der Waals surface area contributed by atoms with Crippen LogP contribution in [0.15, 0.2) is 24.5 Å². The zero-order valence-electron chi connectivity index (χ0n) is 12.6. The lowest BCUT2D eigenvalue weighted by molar-refractivity contribution is 0.788. The van der Waals surface area contributed by atoms with Gasteiger partial charge in [0.1, 0.15) is 0 Å². The van der Waals surface area contributed by atoms with Gasteiger partial charge in [-0.15, -0.1) is 22.7 Å². The van der Waals surface area contributed by atoms with Crippen LogP contribution in [0, 0.1) is 0 Å². The van der Waals surface area contributed by atoms with Gasteiger partial charge in [-0.2, -0.15) is 0 Å². The fraction of sp³-hybridized carbons (Fsp3) is 0.412. The molecule has 3 heterocycles. The largest absolute Gasteiger partial charge is 0.236 e. The second kappa shape index (κ2) is 6.67. The van der Waals surface area contributed by atoms with E-state index in [1.807, 2.05) is 23.7 Å². The Morgan fingerprint density at radius 3 is 2.33 bits per heavy atom. The van der Waals surface area contributed by atoms with Gasteiger partial charge in [0.2, 0.25) is 0 Å². The molecule has 0 unspecified atom stereocenters. The summed E-state index contributed by atoms with van der Waals surface area (Å²) in [6.07, 6.45) is 9.85. The number of aryl methyl sites for hydroxylation is 2. The van der Waals surface area contributed by atoms with Crippen LogP contribution in [0.5, 0.6) is 0 Å². The van der Waals surface area contributed by atoms with Gasteiger partial charge < -0.3 is 0 Å². The van der Waals surface area contributed by atoms with Crippen LogP contribution in [0.3, 0.4) is 0 Å². The molecule has 0 N–H and O–H groups in total. The van der Waals surface area contributed by atoms with Crippen molar-refractivity contribution in [1.29, 1.82) is 0 Å². The molecule has 0 fully saturated rings. The third-order valence-corrected chi connectivity index (χ3v) is 5.85. The van der Waals surface area contributed by atoms with E-state index in [4.69, 9.17) is 0 Å². The minimum atomic E-state index is 0.862. The molecule has 0 radical (unpaired) electrons. The molecule has 4 heteroatoms. The first kappa shape index (κ1) is 14.7. The molecule has 0 aliphatic carbocycles. The molecule has 3 aromatic heterocycles. The summed E-state index contributed by atoms with van der Waals surface area (Å²) in [7, 11) is 0. The second-order valence-corrected chi connectivity index (χ2v) is 7.57. The maximum Gasteiger partial charge on any atom is 0.169 e. The molecule has 3 aromatic rings. The van der Waals surface area contributed by atoms with E-state index >= 15 is 0 Å². The van der Waals surface area contributed by atoms with Crippen molar-refractivity contribution in [2.75, 3.05) is 0 Å². The molecule has 0 amide bonds. The molecule has 0 spiro atoms. The Labute approximate surface area is 133 Å². The van der Waals surface area contributed by atoms with Gasteiger partial charge in [-0.3, -0.25) is 0 Å². The monoisotopic (exact) mass is 316 g/mol. The number of fused-ring (bicyclic) bond motifs is 1. The Bertz CT molecular complexity index is 679. The fourth-order valence-corrected chi connectivity index (χ4v) is 4.83. The van der Waals surface area contributed by atoms with E-state index in [1.165, 1.54) is 50.4 Å². The van der Waals surface area contributed by atoms with E-state index in [9.17, 15) is 0 Å². The van der Waals surface area contributed by atoms with Crippen molar-refractivity contribution in [2.45, 2.75) is 46.0 Å². The van der Waals surface area contributed by atoms with E-state index in [2.05, 4.69) is 35.9 Å².